The molecule has 1 aromatic carbocycles. The van der Waals surface area contributed by atoms with Crippen LogP contribution in [0.3, 0.4) is 0 Å². The van der Waals surface area contributed by atoms with E-state index in [0.29, 0.717) is 0 Å². The molecule has 0 unspecified atom stereocenters. The van der Waals surface area contributed by atoms with Gasteiger partial charge >= 0.3 is 32.7 Å². The Morgan fingerprint density at radius 1 is 1.00 bits per heavy atom. The molecule has 1 aromatic rings. The van der Waals surface area contributed by atoms with E-state index in [9.17, 15) is 0 Å². The van der Waals surface area contributed by atoms with Crippen LogP contribution in [-0.2, 0) is 32.7 Å². The van der Waals surface area contributed by atoms with Gasteiger partial charge in [0.15, 0.2) is 0 Å². The van der Waals surface area contributed by atoms with E-state index in [1.165, 1.54) is 0 Å². The Kier molecular flexibility index (Phi) is 17.1. The van der Waals surface area contributed by atoms with Crippen molar-refractivity contribution in [1.82, 2.24) is 5.32 Å². The number of hydrogen-bond acceptors (Lipinski definition) is 1. The summed E-state index contributed by atoms with van der Waals surface area (Å²) in [6.07, 6.45) is 0. The summed E-state index contributed by atoms with van der Waals surface area (Å²) < 4.78 is 0. The van der Waals surface area contributed by atoms with Crippen LogP contribution in [0.2, 0.25) is 0 Å². The Hall–Kier alpha value is 0.284. The van der Waals surface area contributed by atoms with Crippen molar-refractivity contribution in [2.24, 2.45) is 0 Å². The van der Waals surface area contributed by atoms with Gasteiger partial charge in [0.05, 0.1) is 0 Å². The summed E-state index contributed by atoms with van der Waals surface area (Å²) in [7, 11) is 0. The monoisotopic (exact) mass is 237 g/mol. The normalized spacial score (nSPS) is 7.50. The quantitative estimate of drug-likeness (QED) is 0.772. The van der Waals surface area contributed by atoms with E-state index in [-0.39, 0.29) is 32.7 Å². The number of benzene rings is 1. The van der Waals surface area contributed by atoms with Gasteiger partial charge in [0, 0.05) is 0 Å². The molecule has 0 saturated heterocycles. The summed E-state index contributed by atoms with van der Waals surface area (Å²) in [4.78, 5) is 0. The van der Waals surface area contributed by atoms with Crippen LogP contribution in [0.5, 0.6) is 0 Å². The van der Waals surface area contributed by atoms with Gasteiger partial charge in [0.1, 0.15) is 0 Å². The van der Waals surface area contributed by atoms with Crippen LogP contribution in [-0.4, -0.2) is 13.1 Å². The molecule has 0 heterocycles. The van der Waals surface area contributed by atoms with Crippen molar-refractivity contribution in [2.75, 3.05) is 13.1 Å². The summed E-state index contributed by atoms with van der Waals surface area (Å²) >= 11 is 0. The Bertz CT molecular complexity index is 113. The first-order valence-electron chi connectivity index (χ1n) is 3.62. The third-order valence-electron chi connectivity index (χ3n) is 0.961. The fourth-order valence-electron chi connectivity index (χ4n) is 0.467. The zero-order valence-corrected chi connectivity index (χ0v) is 10.1. The molecule has 0 amide bonds. The predicted molar refractivity (Wildman–Crippen MR) is 48.9 cm³/mol. The number of nitrogens with one attached hydrogen (secondary N) is 1. The van der Waals surface area contributed by atoms with Crippen molar-refractivity contribution >= 4 is 0 Å². The maximum atomic E-state index is 3.52. The van der Waals surface area contributed by atoms with E-state index in [4.69, 9.17) is 0 Å². The van der Waals surface area contributed by atoms with Crippen LogP contribution in [0.4, 0.5) is 0 Å². The SMILES string of the molecule is [CH2-]CNC[CH2-].[Y+3].[c-]1ccccc1. The molecule has 0 fully saturated rings. The molecule has 1 nitrogen and oxygen atoms in total. The molecule has 0 bridgehead atoms. The molecule has 0 atom stereocenters. The minimum absolute atomic E-state index is 0. The minimum Gasteiger partial charge on any atom is -0.376 e. The first-order valence-corrected chi connectivity index (χ1v) is 3.62. The van der Waals surface area contributed by atoms with Gasteiger partial charge in [-0.15, -0.1) is 13.1 Å². The van der Waals surface area contributed by atoms with Crippen LogP contribution in [0.1, 0.15) is 0 Å². The molecule has 0 aromatic heterocycles. The van der Waals surface area contributed by atoms with Crippen molar-refractivity contribution in [2.45, 2.75) is 0 Å². The second kappa shape index (κ2) is 13.8. The van der Waals surface area contributed by atoms with Crippen LogP contribution >= 0.6 is 0 Å². The van der Waals surface area contributed by atoms with Gasteiger partial charge < -0.3 is 19.2 Å². The van der Waals surface area contributed by atoms with Crippen molar-refractivity contribution in [1.29, 1.82) is 0 Å². The van der Waals surface area contributed by atoms with Gasteiger partial charge in [-0.25, -0.2) is 0 Å². The maximum Gasteiger partial charge on any atom is 3.00 e. The molecule has 62 valence electrons. The van der Waals surface area contributed by atoms with E-state index < -0.39 is 0 Å². The number of hydrogen-bond donors (Lipinski definition) is 1. The van der Waals surface area contributed by atoms with Crippen LogP contribution in [0.15, 0.2) is 30.3 Å². The molecular formula is C10H14NY. The second-order valence-corrected chi connectivity index (χ2v) is 1.83. The summed E-state index contributed by atoms with van der Waals surface area (Å²) in [6.45, 7) is 8.61. The van der Waals surface area contributed by atoms with E-state index in [1.54, 1.807) is 0 Å². The average molecular weight is 237 g/mol. The van der Waals surface area contributed by atoms with Gasteiger partial charge in [-0.2, -0.15) is 36.4 Å². The molecule has 12 heavy (non-hydrogen) atoms. The molecular weight excluding hydrogens is 223 g/mol. The molecule has 0 aliphatic carbocycles. The molecule has 1 N–H and O–H groups in total. The van der Waals surface area contributed by atoms with Gasteiger partial charge in [0.25, 0.3) is 0 Å². The fourth-order valence-corrected chi connectivity index (χ4v) is 0.467. The third-order valence-corrected chi connectivity index (χ3v) is 0.961. The topological polar surface area (TPSA) is 12.0 Å². The summed E-state index contributed by atoms with van der Waals surface area (Å²) in [5, 5.41) is 2.89. The Morgan fingerprint density at radius 3 is 1.58 bits per heavy atom. The molecule has 0 aliphatic rings. The average Bonchev–Trinajstić information content (AvgIpc) is 2.10. The van der Waals surface area contributed by atoms with Gasteiger partial charge in [0.2, 0.25) is 0 Å². The van der Waals surface area contributed by atoms with Crippen LogP contribution < -0.4 is 5.32 Å². The summed E-state index contributed by atoms with van der Waals surface area (Å²) in [5.74, 6) is 0. The van der Waals surface area contributed by atoms with Crippen molar-refractivity contribution in [3.8, 4) is 0 Å². The first kappa shape index (κ1) is 14.8. The number of rotatable bonds is 2. The summed E-state index contributed by atoms with van der Waals surface area (Å²) in [5.41, 5.74) is 0. The smallest absolute Gasteiger partial charge is 0.376 e. The van der Waals surface area contributed by atoms with E-state index in [1.807, 2.05) is 30.3 Å². The largest absolute Gasteiger partial charge is 3.00 e. The maximum absolute atomic E-state index is 3.52. The Morgan fingerprint density at radius 2 is 1.50 bits per heavy atom. The van der Waals surface area contributed by atoms with Crippen molar-refractivity contribution in [3.63, 3.8) is 0 Å². The van der Waals surface area contributed by atoms with E-state index >= 15 is 0 Å². The molecule has 0 radical (unpaired) electrons. The van der Waals surface area contributed by atoms with Crippen molar-refractivity contribution < 1.29 is 32.7 Å². The molecule has 2 heteroatoms. The Balaban J connectivity index is 0. The Labute approximate surface area is 101 Å². The second-order valence-electron chi connectivity index (χ2n) is 1.83. The standard InChI is InChI=1S/C6H5.C4H9N.Y/c1-2-4-6-5-3-1;1-3-5-4-2;/h1-5H;5H,1-4H2;/q-1;-2;+3. The fraction of sp³-hybridized carbons (Fsp3) is 0.200. The third kappa shape index (κ3) is 12.9. The van der Waals surface area contributed by atoms with Gasteiger partial charge in [-0.3, -0.25) is 0 Å². The zero-order chi connectivity index (χ0) is 8.36. The van der Waals surface area contributed by atoms with E-state index in [0.717, 1.165) is 13.1 Å². The van der Waals surface area contributed by atoms with E-state index in [2.05, 4.69) is 25.2 Å². The first-order chi connectivity index (χ1) is 5.41. The molecule has 0 aliphatic heterocycles. The van der Waals surface area contributed by atoms with Gasteiger partial charge in [-0.1, -0.05) is 0 Å². The molecule has 0 saturated carbocycles. The van der Waals surface area contributed by atoms with Gasteiger partial charge in [-0.05, 0) is 0 Å². The molecule has 1 rings (SSSR count). The van der Waals surface area contributed by atoms with Crippen molar-refractivity contribution in [3.05, 3.63) is 50.2 Å². The molecule has 0 spiro atoms. The predicted octanol–water partition coefficient (Wildman–Crippen LogP) is 1.73. The zero-order valence-electron chi connectivity index (χ0n) is 7.29. The van der Waals surface area contributed by atoms with Crippen LogP contribution in [0.25, 0.3) is 0 Å². The minimum atomic E-state index is 0. The van der Waals surface area contributed by atoms with Crippen LogP contribution in [0, 0.1) is 19.9 Å². The summed E-state index contributed by atoms with van der Waals surface area (Å²) in [6, 6.07) is 12.5.